The maximum atomic E-state index is 11.4. The van der Waals surface area contributed by atoms with Crippen molar-refractivity contribution < 1.29 is 5.11 Å². The molecule has 0 bridgehead atoms. The molecule has 1 aliphatic rings. The number of benzene rings is 1. The van der Waals surface area contributed by atoms with Crippen LogP contribution < -0.4 is 10.2 Å². The van der Waals surface area contributed by atoms with Crippen LogP contribution in [0.1, 0.15) is 26.2 Å². The van der Waals surface area contributed by atoms with Crippen molar-refractivity contribution in [2.75, 3.05) is 24.5 Å². The van der Waals surface area contributed by atoms with Crippen LogP contribution in [0.15, 0.2) is 18.2 Å². The summed E-state index contributed by atoms with van der Waals surface area (Å²) in [6.07, 6.45) is 3.53. The minimum absolute atomic E-state index is 0.0650. The van der Waals surface area contributed by atoms with Gasteiger partial charge in [-0.3, -0.25) is 5.11 Å². The third kappa shape index (κ3) is 2.88. The van der Waals surface area contributed by atoms with Crippen molar-refractivity contribution in [3.05, 3.63) is 18.2 Å². The average molecular weight is 290 g/mol. The Labute approximate surface area is 123 Å². The largest absolute Gasteiger partial charge is 0.348 e. The van der Waals surface area contributed by atoms with Gasteiger partial charge in [-0.05, 0) is 37.9 Å². The number of nitrogens with zero attached hydrogens (tertiary/aromatic N) is 2. The molecule has 1 saturated heterocycles. The molecule has 0 amide bonds. The van der Waals surface area contributed by atoms with E-state index in [-0.39, 0.29) is 5.75 Å². The van der Waals surface area contributed by atoms with Crippen LogP contribution in [0.4, 0.5) is 5.13 Å². The number of aromatic nitrogens is 1. The van der Waals surface area contributed by atoms with Gasteiger partial charge in [0, 0.05) is 25.2 Å². The third-order valence-corrected chi connectivity index (χ3v) is 4.88. The molecular formula is C15H20N3OS. The molecule has 0 unspecified atom stereocenters. The van der Waals surface area contributed by atoms with E-state index in [1.54, 1.807) is 23.5 Å². The van der Waals surface area contributed by atoms with Gasteiger partial charge in [0.2, 0.25) is 0 Å². The van der Waals surface area contributed by atoms with Crippen LogP contribution >= 0.6 is 11.3 Å². The van der Waals surface area contributed by atoms with E-state index < -0.39 is 0 Å². The monoisotopic (exact) mass is 290 g/mol. The van der Waals surface area contributed by atoms with Crippen molar-refractivity contribution in [3.8, 4) is 5.75 Å². The van der Waals surface area contributed by atoms with Crippen molar-refractivity contribution in [2.24, 2.45) is 0 Å². The van der Waals surface area contributed by atoms with Crippen molar-refractivity contribution in [1.29, 1.82) is 0 Å². The minimum Gasteiger partial charge on any atom is -0.348 e. The maximum absolute atomic E-state index is 11.4. The molecule has 4 nitrogen and oxygen atoms in total. The van der Waals surface area contributed by atoms with Crippen LogP contribution in [0.25, 0.3) is 10.2 Å². The molecule has 2 heterocycles. The first-order valence-electron chi connectivity index (χ1n) is 7.32. The Bertz CT molecular complexity index is 576. The molecule has 1 aromatic carbocycles. The van der Waals surface area contributed by atoms with Crippen LogP contribution in [-0.2, 0) is 5.11 Å². The molecule has 1 N–H and O–H groups in total. The van der Waals surface area contributed by atoms with Gasteiger partial charge < -0.3 is 10.2 Å². The second-order valence-corrected chi connectivity index (χ2v) is 6.35. The maximum Gasteiger partial charge on any atom is 0.186 e. The van der Waals surface area contributed by atoms with Gasteiger partial charge in [-0.2, -0.15) is 0 Å². The normalized spacial score (nSPS) is 16.9. The Morgan fingerprint density at radius 1 is 1.40 bits per heavy atom. The van der Waals surface area contributed by atoms with Gasteiger partial charge in [-0.15, -0.1) is 0 Å². The fraction of sp³-hybridized carbons (Fsp3) is 0.533. The highest BCUT2D eigenvalue weighted by Crippen LogP contribution is 2.32. The average Bonchev–Trinajstić information content (AvgIpc) is 2.88. The lowest BCUT2D eigenvalue weighted by atomic mass is 10.1. The SMILES string of the molecule is CCCNC1CCN(c2nc3ccc([O])cc3s2)CC1. The number of nitrogens with one attached hydrogen (secondary N) is 1. The Balaban J connectivity index is 1.67. The number of hydrogen-bond acceptors (Lipinski definition) is 4. The van der Waals surface area contributed by atoms with E-state index in [1.165, 1.54) is 19.3 Å². The molecule has 20 heavy (non-hydrogen) atoms. The smallest absolute Gasteiger partial charge is 0.186 e. The molecule has 5 heteroatoms. The van der Waals surface area contributed by atoms with E-state index in [0.717, 1.165) is 35.0 Å². The van der Waals surface area contributed by atoms with E-state index in [4.69, 9.17) is 0 Å². The highest BCUT2D eigenvalue weighted by atomic mass is 32.1. The molecule has 3 rings (SSSR count). The first-order chi connectivity index (χ1) is 9.76. The van der Waals surface area contributed by atoms with Crippen molar-refractivity contribution >= 4 is 26.7 Å². The van der Waals surface area contributed by atoms with Gasteiger partial charge in [-0.1, -0.05) is 18.3 Å². The second kappa shape index (κ2) is 5.97. The summed E-state index contributed by atoms with van der Waals surface area (Å²) in [5.41, 5.74) is 0.941. The highest BCUT2D eigenvalue weighted by Gasteiger charge is 2.21. The minimum atomic E-state index is 0.0650. The summed E-state index contributed by atoms with van der Waals surface area (Å²) >= 11 is 1.63. The summed E-state index contributed by atoms with van der Waals surface area (Å²) in [5.74, 6) is 0.0650. The fourth-order valence-electron chi connectivity index (χ4n) is 2.65. The van der Waals surface area contributed by atoms with Gasteiger partial charge in [0.05, 0.1) is 10.2 Å². The Morgan fingerprint density at radius 3 is 2.95 bits per heavy atom. The summed E-state index contributed by atoms with van der Waals surface area (Å²) in [7, 11) is 0. The molecule has 1 aromatic heterocycles. The van der Waals surface area contributed by atoms with Crippen LogP contribution in [0.2, 0.25) is 0 Å². The molecule has 2 aromatic rings. The zero-order chi connectivity index (χ0) is 13.9. The lowest BCUT2D eigenvalue weighted by molar-refractivity contribution is 0.355. The summed E-state index contributed by atoms with van der Waals surface area (Å²) in [6, 6.07) is 5.75. The number of thiazole rings is 1. The van der Waals surface area contributed by atoms with Gasteiger partial charge >= 0.3 is 0 Å². The summed E-state index contributed by atoms with van der Waals surface area (Å²) in [5, 5.41) is 16.0. The number of hydrogen-bond donors (Lipinski definition) is 1. The first-order valence-corrected chi connectivity index (χ1v) is 8.14. The van der Waals surface area contributed by atoms with E-state index in [1.807, 2.05) is 6.07 Å². The summed E-state index contributed by atoms with van der Waals surface area (Å²) in [4.78, 5) is 7.00. The number of piperidine rings is 1. The summed E-state index contributed by atoms with van der Waals surface area (Å²) < 4.78 is 0.999. The Morgan fingerprint density at radius 2 is 2.20 bits per heavy atom. The molecule has 1 fully saturated rings. The van der Waals surface area contributed by atoms with Crippen molar-refractivity contribution in [1.82, 2.24) is 10.3 Å². The molecule has 1 radical (unpaired) electrons. The van der Waals surface area contributed by atoms with Crippen LogP contribution in [0.5, 0.6) is 5.75 Å². The lowest BCUT2D eigenvalue weighted by Gasteiger charge is -2.32. The van der Waals surface area contributed by atoms with Gasteiger partial charge in [-0.25, -0.2) is 4.98 Å². The van der Waals surface area contributed by atoms with E-state index in [2.05, 4.69) is 22.1 Å². The quantitative estimate of drug-likeness (QED) is 0.938. The van der Waals surface area contributed by atoms with Crippen LogP contribution in [0.3, 0.4) is 0 Å². The predicted octanol–water partition coefficient (Wildman–Crippen LogP) is 3.41. The zero-order valence-corrected chi connectivity index (χ0v) is 12.6. The molecule has 1 aliphatic heterocycles. The van der Waals surface area contributed by atoms with Crippen LogP contribution in [-0.4, -0.2) is 30.7 Å². The number of anilines is 1. The molecule has 0 spiro atoms. The molecule has 107 valence electrons. The van der Waals surface area contributed by atoms with Crippen molar-refractivity contribution in [2.45, 2.75) is 32.2 Å². The zero-order valence-electron chi connectivity index (χ0n) is 11.8. The fourth-order valence-corrected chi connectivity index (χ4v) is 3.70. The Kier molecular flexibility index (Phi) is 4.08. The standard InChI is InChI=1S/C15H20N3OS/c1-2-7-16-11-5-8-18(9-6-11)15-17-13-4-3-12(19)10-14(13)20-15/h3-4,10-11,16H,2,5-9H2,1H3. The topological polar surface area (TPSA) is 48.1 Å². The number of rotatable bonds is 4. The highest BCUT2D eigenvalue weighted by molar-refractivity contribution is 7.22. The lowest BCUT2D eigenvalue weighted by Crippen LogP contribution is -2.42. The molecule has 0 atom stereocenters. The Hall–Kier alpha value is -1.33. The summed E-state index contributed by atoms with van der Waals surface area (Å²) in [6.45, 7) is 5.41. The van der Waals surface area contributed by atoms with E-state index >= 15 is 0 Å². The third-order valence-electron chi connectivity index (χ3n) is 3.80. The van der Waals surface area contributed by atoms with E-state index in [0.29, 0.717) is 6.04 Å². The molecule has 0 aliphatic carbocycles. The van der Waals surface area contributed by atoms with Crippen molar-refractivity contribution in [3.63, 3.8) is 0 Å². The van der Waals surface area contributed by atoms with Gasteiger partial charge in [0.15, 0.2) is 10.9 Å². The number of fused-ring (bicyclic) bond motifs is 1. The second-order valence-electron chi connectivity index (χ2n) is 5.34. The molecule has 0 saturated carbocycles. The van der Waals surface area contributed by atoms with Gasteiger partial charge in [0.1, 0.15) is 0 Å². The van der Waals surface area contributed by atoms with E-state index in [9.17, 15) is 5.11 Å². The molecular weight excluding hydrogens is 270 g/mol. The predicted molar refractivity (Wildman–Crippen MR) is 83.3 cm³/mol. The van der Waals surface area contributed by atoms with Gasteiger partial charge in [0.25, 0.3) is 0 Å². The first kappa shape index (κ1) is 13.6. The van der Waals surface area contributed by atoms with Crippen LogP contribution in [0, 0.1) is 0 Å².